The molecule has 5 heteroatoms. The summed E-state index contributed by atoms with van der Waals surface area (Å²) >= 11 is 8.17. The van der Waals surface area contributed by atoms with Gasteiger partial charge in [0.25, 0.3) is 0 Å². The summed E-state index contributed by atoms with van der Waals surface area (Å²) in [5.74, 6) is -0.217. The van der Waals surface area contributed by atoms with Crippen molar-refractivity contribution in [2.75, 3.05) is 11.9 Å². The molecule has 0 bridgehead atoms. The molecule has 2 aromatic rings. The number of hydrogen-bond donors (Lipinski definition) is 1. The molecule has 0 spiro atoms. The van der Waals surface area contributed by atoms with Crippen molar-refractivity contribution in [3.05, 3.63) is 63.9 Å². The largest absolute Gasteiger partial charge is 0.389 e. The van der Waals surface area contributed by atoms with Crippen LogP contribution >= 0.6 is 28.1 Å². The second kappa shape index (κ2) is 6.33. The summed E-state index contributed by atoms with van der Waals surface area (Å²) in [7, 11) is 1.91. The van der Waals surface area contributed by atoms with Gasteiger partial charge in [0.1, 0.15) is 10.8 Å². The number of nitrogens with zero attached hydrogens (tertiary/aromatic N) is 1. The number of halogens is 2. The number of rotatable bonds is 4. The van der Waals surface area contributed by atoms with Gasteiger partial charge in [0, 0.05) is 34.9 Å². The summed E-state index contributed by atoms with van der Waals surface area (Å²) in [6, 6.07) is 12.7. The maximum atomic E-state index is 13.8. The molecule has 0 saturated carbocycles. The van der Waals surface area contributed by atoms with E-state index in [-0.39, 0.29) is 5.82 Å². The summed E-state index contributed by atoms with van der Waals surface area (Å²) in [5.41, 5.74) is 8.01. The van der Waals surface area contributed by atoms with Crippen molar-refractivity contribution in [3.8, 4) is 0 Å². The number of thiocarbonyl (C=S) groups is 1. The van der Waals surface area contributed by atoms with Gasteiger partial charge in [-0.05, 0) is 36.4 Å². The van der Waals surface area contributed by atoms with Crippen molar-refractivity contribution in [1.82, 2.24) is 0 Å². The predicted molar refractivity (Wildman–Crippen MR) is 88.5 cm³/mol. The van der Waals surface area contributed by atoms with Crippen LogP contribution in [0.2, 0.25) is 0 Å². The van der Waals surface area contributed by atoms with E-state index in [0.717, 1.165) is 15.7 Å². The van der Waals surface area contributed by atoms with Crippen LogP contribution < -0.4 is 10.6 Å². The normalized spacial score (nSPS) is 10.3. The molecule has 2 nitrogen and oxygen atoms in total. The third kappa shape index (κ3) is 3.55. The highest BCUT2D eigenvalue weighted by Crippen LogP contribution is 2.20. The molecular weight excluding hydrogens is 339 g/mol. The van der Waals surface area contributed by atoms with E-state index in [0.29, 0.717) is 17.1 Å². The van der Waals surface area contributed by atoms with Crippen molar-refractivity contribution in [2.24, 2.45) is 5.73 Å². The van der Waals surface area contributed by atoms with E-state index in [2.05, 4.69) is 15.9 Å². The second-order valence-electron chi connectivity index (χ2n) is 4.50. The Morgan fingerprint density at radius 3 is 2.45 bits per heavy atom. The number of nitrogens with two attached hydrogens (primary N) is 1. The Kier molecular flexibility index (Phi) is 4.73. The van der Waals surface area contributed by atoms with Crippen LogP contribution in [0.25, 0.3) is 0 Å². The molecule has 0 aliphatic heterocycles. The van der Waals surface area contributed by atoms with Crippen LogP contribution in [0.1, 0.15) is 11.1 Å². The lowest BCUT2D eigenvalue weighted by Gasteiger charge is -2.20. The summed E-state index contributed by atoms with van der Waals surface area (Å²) in [4.78, 5) is 2.34. The standard InChI is InChI=1S/C15H14BrFN2S/c1-19(9-11-2-5-12(16)8-14(11)17)13-6-3-10(4-7-13)15(18)20/h2-8H,9H2,1H3,(H2,18,20). The maximum Gasteiger partial charge on any atom is 0.129 e. The van der Waals surface area contributed by atoms with Gasteiger partial charge < -0.3 is 10.6 Å². The van der Waals surface area contributed by atoms with Gasteiger partial charge in [-0.1, -0.05) is 34.2 Å². The minimum Gasteiger partial charge on any atom is -0.389 e. The molecule has 20 heavy (non-hydrogen) atoms. The summed E-state index contributed by atoms with van der Waals surface area (Å²) in [6.45, 7) is 0.492. The third-order valence-electron chi connectivity index (χ3n) is 3.02. The number of anilines is 1. The van der Waals surface area contributed by atoms with E-state index in [1.807, 2.05) is 42.3 Å². The fraction of sp³-hybridized carbons (Fsp3) is 0.133. The first-order chi connectivity index (χ1) is 9.47. The van der Waals surface area contributed by atoms with E-state index < -0.39 is 0 Å². The van der Waals surface area contributed by atoms with E-state index in [9.17, 15) is 4.39 Å². The Bertz CT molecular complexity index is 628. The highest BCUT2D eigenvalue weighted by Gasteiger charge is 2.07. The molecule has 0 atom stereocenters. The minimum atomic E-state index is -0.217. The molecule has 0 heterocycles. The highest BCUT2D eigenvalue weighted by atomic mass is 79.9. The Balaban J connectivity index is 2.15. The lowest BCUT2D eigenvalue weighted by molar-refractivity contribution is 0.607. The molecule has 0 aliphatic carbocycles. The quantitative estimate of drug-likeness (QED) is 0.847. The SMILES string of the molecule is CN(Cc1ccc(Br)cc1F)c1ccc(C(N)=S)cc1. The van der Waals surface area contributed by atoms with Crippen LogP contribution in [-0.2, 0) is 6.54 Å². The first-order valence-electron chi connectivity index (χ1n) is 6.02. The molecule has 0 amide bonds. The zero-order chi connectivity index (χ0) is 14.7. The molecule has 0 aliphatic rings. The first kappa shape index (κ1) is 14.9. The molecule has 0 aromatic heterocycles. The van der Waals surface area contributed by atoms with Crippen LogP contribution in [0, 0.1) is 5.82 Å². The predicted octanol–water partition coefficient (Wildman–Crippen LogP) is 3.86. The van der Waals surface area contributed by atoms with E-state index in [1.165, 1.54) is 6.07 Å². The van der Waals surface area contributed by atoms with E-state index in [1.54, 1.807) is 6.07 Å². The monoisotopic (exact) mass is 352 g/mol. The van der Waals surface area contributed by atoms with Crippen molar-refractivity contribution in [1.29, 1.82) is 0 Å². The maximum absolute atomic E-state index is 13.8. The van der Waals surface area contributed by atoms with Gasteiger partial charge in [-0.2, -0.15) is 0 Å². The molecule has 0 unspecified atom stereocenters. The molecule has 0 radical (unpaired) electrons. The Morgan fingerprint density at radius 1 is 1.25 bits per heavy atom. The zero-order valence-electron chi connectivity index (χ0n) is 10.9. The summed E-state index contributed by atoms with van der Waals surface area (Å²) < 4.78 is 14.5. The van der Waals surface area contributed by atoms with Gasteiger partial charge in [0.15, 0.2) is 0 Å². The molecular formula is C15H14BrFN2S. The lowest BCUT2D eigenvalue weighted by Crippen LogP contribution is -2.17. The van der Waals surface area contributed by atoms with Gasteiger partial charge in [0.05, 0.1) is 0 Å². The summed E-state index contributed by atoms with van der Waals surface area (Å²) in [5, 5.41) is 0. The van der Waals surface area contributed by atoms with Crippen LogP contribution in [-0.4, -0.2) is 12.0 Å². The van der Waals surface area contributed by atoms with Crippen molar-refractivity contribution in [2.45, 2.75) is 6.54 Å². The van der Waals surface area contributed by atoms with Crippen LogP contribution in [0.15, 0.2) is 46.9 Å². The Hall–Kier alpha value is -1.46. The second-order valence-corrected chi connectivity index (χ2v) is 5.86. The lowest BCUT2D eigenvalue weighted by atomic mass is 10.1. The van der Waals surface area contributed by atoms with Gasteiger partial charge in [-0.3, -0.25) is 0 Å². The topological polar surface area (TPSA) is 29.3 Å². The fourth-order valence-corrected chi connectivity index (χ4v) is 2.35. The van der Waals surface area contributed by atoms with Gasteiger partial charge in [-0.25, -0.2) is 4.39 Å². The van der Waals surface area contributed by atoms with Crippen LogP contribution in [0.3, 0.4) is 0 Å². The average Bonchev–Trinajstić information content (AvgIpc) is 2.42. The van der Waals surface area contributed by atoms with E-state index in [4.69, 9.17) is 18.0 Å². The molecule has 2 rings (SSSR count). The molecule has 2 aromatic carbocycles. The first-order valence-corrected chi connectivity index (χ1v) is 7.22. The molecule has 104 valence electrons. The Labute approximate surface area is 131 Å². The molecule has 0 fully saturated rings. The van der Waals surface area contributed by atoms with Gasteiger partial charge >= 0.3 is 0 Å². The third-order valence-corrected chi connectivity index (χ3v) is 3.74. The smallest absolute Gasteiger partial charge is 0.129 e. The number of benzene rings is 2. The van der Waals surface area contributed by atoms with Gasteiger partial charge in [0.2, 0.25) is 0 Å². The van der Waals surface area contributed by atoms with Crippen LogP contribution in [0.5, 0.6) is 0 Å². The molecule has 2 N–H and O–H groups in total. The van der Waals surface area contributed by atoms with Crippen LogP contribution in [0.4, 0.5) is 10.1 Å². The van der Waals surface area contributed by atoms with Gasteiger partial charge in [-0.15, -0.1) is 0 Å². The average molecular weight is 353 g/mol. The number of hydrogen-bond acceptors (Lipinski definition) is 2. The highest BCUT2D eigenvalue weighted by molar-refractivity contribution is 9.10. The summed E-state index contributed by atoms with van der Waals surface area (Å²) in [6.07, 6.45) is 0. The fourth-order valence-electron chi connectivity index (χ4n) is 1.88. The minimum absolute atomic E-state index is 0.217. The van der Waals surface area contributed by atoms with E-state index >= 15 is 0 Å². The van der Waals surface area contributed by atoms with Crippen molar-refractivity contribution in [3.63, 3.8) is 0 Å². The zero-order valence-corrected chi connectivity index (χ0v) is 13.3. The Morgan fingerprint density at radius 2 is 1.90 bits per heavy atom. The van der Waals surface area contributed by atoms with Crippen molar-refractivity contribution >= 4 is 38.8 Å². The van der Waals surface area contributed by atoms with Crippen molar-refractivity contribution < 1.29 is 4.39 Å². The molecule has 0 saturated heterocycles.